The first kappa shape index (κ1) is 34.8. The Bertz CT molecular complexity index is 2450. The van der Waals surface area contributed by atoms with E-state index in [1.807, 2.05) is 6.08 Å². The number of nitriles is 4. The predicted molar refractivity (Wildman–Crippen MR) is 185 cm³/mol. The van der Waals surface area contributed by atoms with Crippen LogP contribution in [0.1, 0.15) is 59.1 Å². The summed E-state index contributed by atoms with van der Waals surface area (Å²) in [5, 5.41) is 40.2. The summed E-state index contributed by atoms with van der Waals surface area (Å²) in [7, 11) is 0. The summed E-state index contributed by atoms with van der Waals surface area (Å²) in [6.07, 6.45) is -5.08. The Morgan fingerprint density at radius 2 is 1.02 bits per heavy atom. The molecule has 3 aliphatic rings. The van der Waals surface area contributed by atoms with E-state index in [4.69, 9.17) is 0 Å². The quantitative estimate of drug-likeness (QED) is 0.132. The van der Waals surface area contributed by atoms with E-state index in [-0.39, 0.29) is 22.3 Å². The molecule has 0 aromatic heterocycles. The standard InChI is InChI=1S/C40H20F6N4S2/c41-39(42,43)37-33-27-13-11-25(51-23-7-3-1-4-8-23)15-29(27)31(21(17-47)18-48)35(33)38(40(44,45)46)34-28-14-12-26(52-24-9-5-2-6-10-24)16-30(28)32(36(34)37)22(19-49)20-50/h1,3-4,7-9,11-16H,2,5-6,10H2. The van der Waals surface area contributed by atoms with Crippen molar-refractivity contribution in [2.75, 3.05) is 0 Å². The molecule has 0 saturated heterocycles. The van der Waals surface area contributed by atoms with Crippen molar-refractivity contribution in [2.45, 2.75) is 52.7 Å². The monoisotopic (exact) mass is 734 g/mol. The van der Waals surface area contributed by atoms with E-state index in [1.165, 1.54) is 59.9 Å². The minimum Gasteiger partial charge on any atom is -0.192 e. The first-order chi connectivity index (χ1) is 24.9. The maximum absolute atomic E-state index is 15.7. The van der Waals surface area contributed by atoms with Crippen LogP contribution in [-0.4, -0.2) is 0 Å². The molecular weight excluding hydrogens is 715 g/mol. The number of hydrogen-bond donors (Lipinski definition) is 0. The van der Waals surface area contributed by atoms with Gasteiger partial charge in [-0.1, -0.05) is 59.9 Å². The number of benzene rings is 4. The smallest absolute Gasteiger partial charge is 0.192 e. The summed E-state index contributed by atoms with van der Waals surface area (Å²) >= 11 is 2.53. The van der Waals surface area contributed by atoms with Gasteiger partial charge in [0.25, 0.3) is 0 Å². The minimum atomic E-state index is -5.32. The molecular formula is C40H20F6N4S2. The van der Waals surface area contributed by atoms with Crippen LogP contribution in [-0.2, 0) is 12.4 Å². The summed E-state index contributed by atoms with van der Waals surface area (Å²) in [5.41, 5.74) is -10.1. The SMILES string of the molecule is N#CC(C#N)=C1c2cc(Sc3ccccc3)ccc2-c2c1c(C(F)(F)F)c1c(c2C(F)(F)F)C(=C(C#N)C#N)c2cc(SC3=CCCCC3)ccc2-1. The Morgan fingerprint density at radius 1 is 0.538 bits per heavy atom. The zero-order chi connectivity index (χ0) is 36.9. The molecule has 4 nitrogen and oxygen atoms in total. The van der Waals surface area contributed by atoms with Gasteiger partial charge in [-0.2, -0.15) is 47.4 Å². The average molecular weight is 735 g/mol. The molecule has 0 spiro atoms. The highest BCUT2D eigenvalue weighted by atomic mass is 32.2. The molecule has 0 amide bonds. The molecule has 254 valence electrons. The van der Waals surface area contributed by atoms with E-state index in [2.05, 4.69) is 0 Å². The molecule has 0 atom stereocenters. The molecule has 12 heteroatoms. The molecule has 0 N–H and O–H groups in total. The largest absolute Gasteiger partial charge is 0.417 e. The first-order valence-corrected chi connectivity index (χ1v) is 17.4. The van der Waals surface area contributed by atoms with E-state index in [9.17, 15) is 21.0 Å². The third-order valence-corrected chi connectivity index (χ3v) is 11.2. The van der Waals surface area contributed by atoms with Crippen molar-refractivity contribution >= 4 is 34.7 Å². The van der Waals surface area contributed by atoms with Gasteiger partial charge in [-0.3, -0.25) is 0 Å². The van der Waals surface area contributed by atoms with Crippen molar-refractivity contribution < 1.29 is 26.3 Å². The van der Waals surface area contributed by atoms with Crippen LogP contribution < -0.4 is 0 Å². The predicted octanol–water partition coefficient (Wildman–Crippen LogP) is 12.1. The minimum absolute atomic E-state index is 0.115. The van der Waals surface area contributed by atoms with Gasteiger partial charge < -0.3 is 0 Å². The number of allylic oxidation sites excluding steroid dienone is 4. The lowest BCUT2D eigenvalue weighted by molar-refractivity contribution is -0.140. The molecule has 3 aliphatic carbocycles. The third kappa shape index (κ3) is 5.75. The summed E-state index contributed by atoms with van der Waals surface area (Å²) in [5.74, 6) is 0. The fraction of sp³-hybridized carbons (Fsp3) is 0.150. The zero-order valence-corrected chi connectivity index (χ0v) is 28.3. The number of hydrogen-bond acceptors (Lipinski definition) is 6. The van der Waals surface area contributed by atoms with E-state index in [1.54, 1.807) is 54.6 Å². The first-order valence-electron chi connectivity index (χ1n) is 15.8. The van der Waals surface area contributed by atoms with Gasteiger partial charge in [0, 0.05) is 48.1 Å². The van der Waals surface area contributed by atoms with Crippen LogP contribution in [0.25, 0.3) is 33.4 Å². The number of thioether (sulfide) groups is 1. The van der Waals surface area contributed by atoms with Crippen molar-refractivity contribution in [3.8, 4) is 46.5 Å². The van der Waals surface area contributed by atoms with E-state index in [0.29, 0.717) is 9.79 Å². The van der Waals surface area contributed by atoms with Crippen LogP contribution in [0.15, 0.2) is 104 Å². The molecule has 0 unspecified atom stereocenters. The number of rotatable bonds is 4. The lowest BCUT2D eigenvalue weighted by atomic mass is 9.83. The number of fused-ring (bicyclic) bond motifs is 6. The second-order valence-corrected chi connectivity index (χ2v) is 14.4. The Hall–Kier alpha value is -5.66. The van der Waals surface area contributed by atoms with Crippen molar-refractivity contribution in [3.63, 3.8) is 0 Å². The number of halogens is 6. The fourth-order valence-electron chi connectivity index (χ4n) is 7.12. The van der Waals surface area contributed by atoms with Crippen LogP contribution in [0.4, 0.5) is 26.3 Å². The Labute approximate surface area is 302 Å². The van der Waals surface area contributed by atoms with Crippen molar-refractivity contribution in [2.24, 2.45) is 0 Å². The Morgan fingerprint density at radius 3 is 1.44 bits per heavy atom. The summed E-state index contributed by atoms with van der Waals surface area (Å²) in [6, 6.07) is 23.7. The molecule has 52 heavy (non-hydrogen) atoms. The molecule has 7 rings (SSSR count). The highest BCUT2D eigenvalue weighted by molar-refractivity contribution is 8.03. The molecule has 0 fully saturated rings. The second-order valence-electron chi connectivity index (χ2n) is 12.0. The van der Waals surface area contributed by atoms with E-state index >= 15 is 26.3 Å². The summed E-state index contributed by atoms with van der Waals surface area (Å²) < 4.78 is 94.2. The van der Waals surface area contributed by atoms with Crippen molar-refractivity contribution in [1.29, 1.82) is 21.0 Å². The third-order valence-electron chi connectivity index (χ3n) is 9.05. The topological polar surface area (TPSA) is 95.2 Å². The molecule has 0 bridgehead atoms. The van der Waals surface area contributed by atoms with Gasteiger partial charge in [0.2, 0.25) is 0 Å². The lowest BCUT2D eigenvalue weighted by Gasteiger charge is -2.24. The van der Waals surface area contributed by atoms with Gasteiger partial charge in [0.15, 0.2) is 0 Å². The summed E-state index contributed by atoms with van der Waals surface area (Å²) in [4.78, 5) is 2.70. The molecule has 0 radical (unpaired) electrons. The van der Waals surface area contributed by atoms with Gasteiger partial charge in [-0.15, -0.1) is 0 Å². The zero-order valence-electron chi connectivity index (χ0n) is 26.6. The average Bonchev–Trinajstić information content (AvgIpc) is 3.60. The molecule has 0 heterocycles. The molecule has 4 aromatic carbocycles. The van der Waals surface area contributed by atoms with E-state index < -0.39 is 68.0 Å². The van der Waals surface area contributed by atoms with Gasteiger partial charge in [0.1, 0.15) is 35.4 Å². The van der Waals surface area contributed by atoms with Gasteiger partial charge in [0.05, 0.1) is 11.1 Å². The normalized spacial score (nSPS) is 14.2. The molecule has 4 aromatic rings. The number of nitrogens with zero attached hydrogens (tertiary/aromatic N) is 4. The fourth-order valence-corrected chi connectivity index (χ4v) is 9.06. The van der Waals surface area contributed by atoms with Crippen LogP contribution in [0.5, 0.6) is 0 Å². The Kier molecular flexibility index (Phi) is 8.79. The van der Waals surface area contributed by atoms with Crippen LogP contribution in [0.2, 0.25) is 0 Å². The van der Waals surface area contributed by atoms with Gasteiger partial charge in [-0.25, -0.2) is 0 Å². The van der Waals surface area contributed by atoms with Crippen molar-refractivity contribution in [1.82, 2.24) is 0 Å². The molecule has 0 aliphatic heterocycles. The Balaban J connectivity index is 1.62. The van der Waals surface area contributed by atoms with Crippen LogP contribution >= 0.6 is 23.5 Å². The second kappa shape index (κ2) is 13.1. The lowest BCUT2D eigenvalue weighted by Crippen LogP contribution is -2.18. The van der Waals surface area contributed by atoms with Gasteiger partial charge >= 0.3 is 12.4 Å². The van der Waals surface area contributed by atoms with Gasteiger partial charge in [-0.05, 0) is 89.2 Å². The van der Waals surface area contributed by atoms with Crippen LogP contribution in [0.3, 0.4) is 0 Å². The highest BCUT2D eigenvalue weighted by Gasteiger charge is 2.52. The number of alkyl halides is 6. The maximum atomic E-state index is 15.7. The van der Waals surface area contributed by atoms with E-state index in [0.717, 1.165) is 35.5 Å². The highest BCUT2D eigenvalue weighted by Crippen LogP contribution is 2.63. The van der Waals surface area contributed by atoms with Crippen molar-refractivity contribution in [3.05, 3.63) is 122 Å². The molecule has 0 saturated carbocycles. The maximum Gasteiger partial charge on any atom is 0.417 e. The summed E-state index contributed by atoms with van der Waals surface area (Å²) in [6.45, 7) is 0. The van der Waals surface area contributed by atoms with Crippen LogP contribution in [0, 0.1) is 45.3 Å².